The van der Waals surface area contributed by atoms with Crippen LogP contribution in [-0.2, 0) is 14.8 Å². The Bertz CT molecular complexity index is 1060. The van der Waals surface area contributed by atoms with Crippen molar-refractivity contribution < 1.29 is 18.0 Å². The molecule has 0 unspecified atom stereocenters. The van der Waals surface area contributed by atoms with Gasteiger partial charge in [-0.25, -0.2) is 8.42 Å². The van der Waals surface area contributed by atoms with Crippen LogP contribution in [0.3, 0.4) is 0 Å². The fraction of sp³-hybridized carbons (Fsp3) is 0.474. The minimum absolute atomic E-state index is 0.0419. The van der Waals surface area contributed by atoms with Gasteiger partial charge in [-0.3, -0.25) is 9.59 Å². The number of amides is 1. The predicted molar refractivity (Wildman–Crippen MR) is 119 cm³/mol. The molecule has 0 spiro atoms. The van der Waals surface area contributed by atoms with E-state index in [0.717, 1.165) is 22.3 Å². The summed E-state index contributed by atoms with van der Waals surface area (Å²) in [5, 5.41) is 12.3. The molecule has 0 radical (unpaired) electrons. The van der Waals surface area contributed by atoms with E-state index in [-0.39, 0.29) is 35.4 Å². The SMILES string of the molecule is CC(=O)c1ccc(S(=O)(=O)N2CCN(C(=O)CSc3nnc(NC4CC4)s3)CC2)cc1. The number of piperazine rings is 1. The van der Waals surface area contributed by atoms with Gasteiger partial charge in [-0.05, 0) is 31.9 Å². The largest absolute Gasteiger partial charge is 0.357 e. The number of benzene rings is 1. The van der Waals surface area contributed by atoms with Crippen LogP contribution >= 0.6 is 23.1 Å². The number of Topliss-reactive ketones (excluding diaryl/α,β-unsaturated/α-hetero) is 1. The monoisotopic (exact) mass is 481 g/mol. The van der Waals surface area contributed by atoms with Gasteiger partial charge < -0.3 is 10.2 Å². The van der Waals surface area contributed by atoms with Crippen LogP contribution in [0.25, 0.3) is 0 Å². The Morgan fingerprint density at radius 3 is 2.42 bits per heavy atom. The molecule has 0 bridgehead atoms. The zero-order chi connectivity index (χ0) is 22.0. The summed E-state index contributed by atoms with van der Waals surface area (Å²) in [4.78, 5) is 25.8. The number of aromatic nitrogens is 2. The van der Waals surface area contributed by atoms with Gasteiger partial charge in [0.05, 0.1) is 10.6 Å². The molecule has 2 fully saturated rings. The Hall–Kier alpha value is -2.02. The third-order valence-corrected chi connectivity index (χ3v) is 9.01. The van der Waals surface area contributed by atoms with Crippen LogP contribution in [0.4, 0.5) is 5.13 Å². The van der Waals surface area contributed by atoms with Gasteiger partial charge in [0.1, 0.15) is 0 Å². The van der Waals surface area contributed by atoms with E-state index in [1.165, 1.54) is 58.6 Å². The normalized spacial score (nSPS) is 17.5. The summed E-state index contributed by atoms with van der Waals surface area (Å²) in [6.07, 6.45) is 2.32. The van der Waals surface area contributed by atoms with Crippen LogP contribution in [0.2, 0.25) is 0 Å². The van der Waals surface area contributed by atoms with E-state index >= 15 is 0 Å². The van der Waals surface area contributed by atoms with Gasteiger partial charge in [-0.2, -0.15) is 4.31 Å². The third kappa shape index (κ3) is 5.43. The van der Waals surface area contributed by atoms with E-state index in [1.54, 1.807) is 4.90 Å². The van der Waals surface area contributed by atoms with Crippen molar-refractivity contribution in [1.82, 2.24) is 19.4 Å². The number of anilines is 1. The number of nitrogens with zero attached hydrogens (tertiary/aromatic N) is 4. The van der Waals surface area contributed by atoms with Crippen LogP contribution < -0.4 is 5.32 Å². The fourth-order valence-corrected chi connectivity index (χ4v) is 6.29. The van der Waals surface area contributed by atoms with Crippen molar-refractivity contribution in [2.45, 2.75) is 35.0 Å². The number of hydrogen-bond donors (Lipinski definition) is 1. The van der Waals surface area contributed by atoms with Crippen molar-refractivity contribution in [3.8, 4) is 0 Å². The standard InChI is InChI=1S/C19H23N5O4S3/c1-13(25)14-2-6-16(7-3-14)31(27,28)24-10-8-23(9-11-24)17(26)12-29-19-22-21-18(30-19)20-15-4-5-15/h2-3,6-7,15H,4-5,8-12H2,1H3,(H,20,21). The minimum atomic E-state index is -3.66. The summed E-state index contributed by atoms with van der Waals surface area (Å²) in [5.74, 6) is 0.0924. The lowest BCUT2D eigenvalue weighted by Gasteiger charge is -2.34. The molecule has 1 aliphatic heterocycles. The van der Waals surface area contributed by atoms with Crippen LogP contribution in [-0.4, -0.2) is 77.5 Å². The van der Waals surface area contributed by atoms with Crippen molar-refractivity contribution in [2.24, 2.45) is 0 Å². The van der Waals surface area contributed by atoms with Gasteiger partial charge in [0.25, 0.3) is 0 Å². The summed E-state index contributed by atoms with van der Waals surface area (Å²) in [6, 6.07) is 6.45. The first-order valence-corrected chi connectivity index (χ1v) is 13.2. The zero-order valence-corrected chi connectivity index (χ0v) is 19.4. The molecule has 1 N–H and O–H groups in total. The Kier molecular flexibility index (Phi) is 6.60. The van der Waals surface area contributed by atoms with Crippen molar-refractivity contribution >= 4 is 49.9 Å². The highest BCUT2D eigenvalue weighted by molar-refractivity contribution is 8.01. The van der Waals surface area contributed by atoms with Gasteiger partial charge in [-0.1, -0.05) is 35.2 Å². The molecule has 166 valence electrons. The second-order valence-corrected chi connectivity index (χ2v) is 11.6. The minimum Gasteiger partial charge on any atom is -0.357 e. The molecule has 1 saturated heterocycles. The second-order valence-electron chi connectivity index (χ2n) is 7.45. The first-order valence-electron chi connectivity index (χ1n) is 9.95. The molecule has 4 rings (SSSR count). The summed E-state index contributed by atoms with van der Waals surface area (Å²) in [7, 11) is -3.66. The first-order chi connectivity index (χ1) is 14.8. The number of sulfonamides is 1. The lowest BCUT2D eigenvalue weighted by Crippen LogP contribution is -2.50. The van der Waals surface area contributed by atoms with Crippen LogP contribution in [0.1, 0.15) is 30.1 Å². The highest BCUT2D eigenvalue weighted by Crippen LogP contribution is 2.30. The molecule has 12 heteroatoms. The van der Waals surface area contributed by atoms with Crippen molar-refractivity contribution in [3.05, 3.63) is 29.8 Å². The molecular formula is C19H23N5O4S3. The van der Waals surface area contributed by atoms with E-state index < -0.39 is 10.0 Å². The zero-order valence-electron chi connectivity index (χ0n) is 17.0. The van der Waals surface area contributed by atoms with Gasteiger partial charge in [0.15, 0.2) is 10.1 Å². The fourth-order valence-electron chi connectivity index (χ4n) is 3.13. The molecular weight excluding hydrogens is 458 g/mol. The van der Waals surface area contributed by atoms with Gasteiger partial charge >= 0.3 is 0 Å². The molecule has 1 aromatic carbocycles. The topological polar surface area (TPSA) is 113 Å². The number of hydrogen-bond acceptors (Lipinski definition) is 9. The highest BCUT2D eigenvalue weighted by Gasteiger charge is 2.30. The molecule has 31 heavy (non-hydrogen) atoms. The number of rotatable bonds is 8. The highest BCUT2D eigenvalue weighted by atomic mass is 32.2. The Labute approximate surface area is 189 Å². The maximum Gasteiger partial charge on any atom is 0.243 e. The van der Waals surface area contributed by atoms with E-state index in [0.29, 0.717) is 24.7 Å². The lowest BCUT2D eigenvalue weighted by molar-refractivity contribution is -0.129. The van der Waals surface area contributed by atoms with E-state index in [4.69, 9.17) is 0 Å². The van der Waals surface area contributed by atoms with E-state index in [9.17, 15) is 18.0 Å². The molecule has 1 amide bonds. The summed E-state index contributed by atoms with van der Waals surface area (Å²) < 4.78 is 27.8. The quantitative estimate of drug-likeness (QED) is 0.450. The maximum absolute atomic E-state index is 12.9. The van der Waals surface area contributed by atoms with Crippen LogP contribution in [0.15, 0.2) is 33.5 Å². The molecule has 9 nitrogen and oxygen atoms in total. The van der Waals surface area contributed by atoms with Crippen LogP contribution in [0, 0.1) is 0 Å². The molecule has 2 heterocycles. The Morgan fingerprint density at radius 1 is 1.13 bits per heavy atom. The third-order valence-electron chi connectivity index (χ3n) is 5.12. The van der Waals surface area contributed by atoms with E-state index in [2.05, 4.69) is 15.5 Å². The number of thioether (sulfide) groups is 1. The molecule has 2 aromatic rings. The summed E-state index contributed by atoms with van der Waals surface area (Å²) in [6.45, 7) is 2.60. The maximum atomic E-state index is 12.9. The molecule has 1 saturated carbocycles. The predicted octanol–water partition coefficient (Wildman–Crippen LogP) is 1.94. The molecule has 1 aromatic heterocycles. The summed E-state index contributed by atoms with van der Waals surface area (Å²) in [5.41, 5.74) is 0.470. The summed E-state index contributed by atoms with van der Waals surface area (Å²) >= 11 is 2.80. The van der Waals surface area contributed by atoms with E-state index in [1.807, 2.05) is 0 Å². The smallest absolute Gasteiger partial charge is 0.243 e. The second kappa shape index (κ2) is 9.23. The van der Waals surface area contributed by atoms with Gasteiger partial charge in [0, 0.05) is 37.8 Å². The average molecular weight is 482 g/mol. The lowest BCUT2D eigenvalue weighted by atomic mass is 10.2. The van der Waals surface area contributed by atoms with Gasteiger partial charge in [-0.15, -0.1) is 10.2 Å². The van der Waals surface area contributed by atoms with Crippen molar-refractivity contribution in [3.63, 3.8) is 0 Å². The average Bonchev–Trinajstić information content (AvgIpc) is 3.47. The van der Waals surface area contributed by atoms with Crippen LogP contribution in [0.5, 0.6) is 0 Å². The van der Waals surface area contributed by atoms with Crippen molar-refractivity contribution in [1.29, 1.82) is 0 Å². The number of carbonyl (C=O) groups is 2. The van der Waals surface area contributed by atoms with Crippen molar-refractivity contribution in [2.75, 3.05) is 37.2 Å². The Balaban J connectivity index is 1.27. The number of ketones is 1. The van der Waals surface area contributed by atoms with Gasteiger partial charge in [0.2, 0.25) is 21.1 Å². The number of nitrogens with one attached hydrogen (secondary N) is 1. The molecule has 2 aliphatic rings. The Morgan fingerprint density at radius 2 is 1.81 bits per heavy atom. The number of carbonyl (C=O) groups excluding carboxylic acids is 2. The first kappa shape index (κ1) is 22.2. The molecule has 0 atom stereocenters. The molecule has 1 aliphatic carbocycles.